The molecule has 10 heteroatoms. The van der Waals surface area contributed by atoms with Gasteiger partial charge in [-0.3, -0.25) is 19.5 Å². The second-order valence-electron chi connectivity index (χ2n) is 6.15. The molecule has 0 aliphatic heterocycles. The second kappa shape index (κ2) is 9.88. The Hall–Kier alpha value is -3.40. The van der Waals surface area contributed by atoms with E-state index in [1.165, 1.54) is 11.3 Å². The molecule has 0 bridgehead atoms. The minimum Gasteiger partial charge on any atom is -0.493 e. The lowest BCUT2D eigenvalue weighted by Crippen LogP contribution is -2.29. The molecule has 0 aliphatic rings. The molecular weight excluding hydrogens is 410 g/mol. The number of methoxy groups -OCH3 is 1. The fraction of sp³-hybridized carbons (Fsp3) is 0.300. The normalized spacial score (nSPS) is 10.6. The number of esters is 1. The van der Waals surface area contributed by atoms with Crippen LogP contribution in [0.15, 0.2) is 45.3 Å². The fourth-order valence-electron chi connectivity index (χ4n) is 2.64. The van der Waals surface area contributed by atoms with Crippen molar-refractivity contribution < 1.29 is 19.0 Å². The molecule has 3 aromatic rings. The summed E-state index contributed by atoms with van der Waals surface area (Å²) in [6, 6.07) is 7.85. The number of nitrogens with one attached hydrogen (secondary N) is 1. The molecule has 0 unspecified atom stereocenters. The number of nitrogens with zero attached hydrogens (tertiary/aromatic N) is 2. The van der Waals surface area contributed by atoms with Crippen molar-refractivity contribution in [3.8, 4) is 22.1 Å². The third kappa shape index (κ3) is 5.35. The Kier molecular flexibility index (Phi) is 7.02. The molecule has 3 rings (SSSR count). The molecule has 9 nitrogen and oxygen atoms in total. The largest absolute Gasteiger partial charge is 0.493 e. The van der Waals surface area contributed by atoms with Crippen LogP contribution in [0, 0.1) is 0 Å². The lowest BCUT2D eigenvalue weighted by molar-refractivity contribution is -0.145. The van der Waals surface area contributed by atoms with E-state index in [9.17, 15) is 14.4 Å². The highest BCUT2D eigenvalue weighted by Gasteiger charge is 2.12. The number of rotatable bonds is 9. The Morgan fingerprint density at radius 2 is 2.03 bits per heavy atom. The summed E-state index contributed by atoms with van der Waals surface area (Å²) in [7, 11) is 1.58. The number of carbonyl (C=O) groups excluding carboxylic acids is 1. The minimum absolute atomic E-state index is 0.0176. The van der Waals surface area contributed by atoms with Gasteiger partial charge in [0.15, 0.2) is 11.5 Å². The van der Waals surface area contributed by atoms with Crippen LogP contribution in [0.4, 0.5) is 0 Å². The van der Waals surface area contributed by atoms with Gasteiger partial charge in [-0.25, -0.2) is 9.67 Å². The molecule has 0 aliphatic carbocycles. The third-order valence-electron chi connectivity index (χ3n) is 4.07. The van der Waals surface area contributed by atoms with Crippen molar-refractivity contribution in [2.75, 3.05) is 13.7 Å². The van der Waals surface area contributed by atoms with Gasteiger partial charge >= 0.3 is 5.97 Å². The first-order chi connectivity index (χ1) is 14.5. The highest BCUT2D eigenvalue weighted by molar-refractivity contribution is 7.13. The number of aromatic nitrogens is 3. The van der Waals surface area contributed by atoms with Crippen LogP contribution in [0.3, 0.4) is 0 Å². The molecule has 0 radical (unpaired) electrons. The maximum Gasteiger partial charge on any atom is 0.308 e. The molecule has 0 fully saturated rings. The highest BCUT2D eigenvalue weighted by atomic mass is 32.1. The van der Waals surface area contributed by atoms with Gasteiger partial charge < -0.3 is 14.2 Å². The molecule has 0 amide bonds. The molecular formula is C20H21N3O6S. The quantitative estimate of drug-likeness (QED) is 0.517. The van der Waals surface area contributed by atoms with Gasteiger partial charge in [0.2, 0.25) is 0 Å². The van der Waals surface area contributed by atoms with Crippen molar-refractivity contribution in [1.29, 1.82) is 0 Å². The van der Waals surface area contributed by atoms with Gasteiger partial charge in [0.25, 0.3) is 11.1 Å². The summed E-state index contributed by atoms with van der Waals surface area (Å²) < 4.78 is 17.2. The summed E-state index contributed by atoms with van der Waals surface area (Å²) in [6.45, 7) is 2.49. The fourth-order valence-corrected chi connectivity index (χ4v) is 3.44. The Bertz CT molecular complexity index is 1130. The molecule has 0 saturated carbocycles. The molecule has 2 aromatic heterocycles. The Morgan fingerprint density at radius 3 is 2.80 bits per heavy atom. The van der Waals surface area contributed by atoms with Crippen LogP contribution in [-0.2, 0) is 22.7 Å². The second-order valence-corrected chi connectivity index (χ2v) is 7.01. The maximum atomic E-state index is 12.0. The smallest absolute Gasteiger partial charge is 0.308 e. The van der Waals surface area contributed by atoms with Crippen LogP contribution in [0.5, 0.6) is 11.5 Å². The summed E-state index contributed by atoms with van der Waals surface area (Å²) >= 11 is 1.42. The van der Waals surface area contributed by atoms with E-state index in [2.05, 4.69) is 10.1 Å². The van der Waals surface area contributed by atoms with Crippen LogP contribution in [0.2, 0.25) is 0 Å². The van der Waals surface area contributed by atoms with Gasteiger partial charge in [0.05, 0.1) is 32.4 Å². The monoisotopic (exact) mass is 431 g/mol. The number of benzene rings is 1. The average Bonchev–Trinajstić information content (AvgIpc) is 3.22. The molecule has 1 N–H and O–H groups in total. The zero-order chi connectivity index (χ0) is 21.5. The van der Waals surface area contributed by atoms with E-state index in [0.29, 0.717) is 23.8 Å². The van der Waals surface area contributed by atoms with Gasteiger partial charge in [-0.2, -0.15) is 0 Å². The van der Waals surface area contributed by atoms with Crippen LogP contribution in [0.25, 0.3) is 10.6 Å². The van der Waals surface area contributed by atoms with E-state index in [-0.39, 0.29) is 19.6 Å². The van der Waals surface area contributed by atoms with Gasteiger partial charge in [-0.05, 0) is 25.1 Å². The third-order valence-corrected chi connectivity index (χ3v) is 5.01. The summed E-state index contributed by atoms with van der Waals surface area (Å²) in [4.78, 5) is 39.3. The lowest BCUT2D eigenvalue weighted by atomic mass is 10.2. The SMILES string of the molecule is CCOc1ccc(-c2nc(COC(=O)CCn3[nH]c(=O)ccc3=O)cs2)cc1OC. The molecule has 1 aromatic carbocycles. The first kappa shape index (κ1) is 21.3. The summed E-state index contributed by atoms with van der Waals surface area (Å²) in [6.07, 6.45) is -0.0487. The molecule has 2 heterocycles. The van der Waals surface area contributed by atoms with Crippen molar-refractivity contribution in [2.24, 2.45) is 0 Å². The maximum absolute atomic E-state index is 12.0. The molecule has 0 atom stereocenters. The first-order valence-corrected chi connectivity index (χ1v) is 10.1. The van der Waals surface area contributed by atoms with Crippen LogP contribution in [-0.4, -0.2) is 34.5 Å². The van der Waals surface area contributed by atoms with E-state index < -0.39 is 17.1 Å². The van der Waals surface area contributed by atoms with E-state index in [1.807, 2.05) is 30.5 Å². The molecule has 0 spiro atoms. The summed E-state index contributed by atoms with van der Waals surface area (Å²) in [5.74, 6) is 0.781. The van der Waals surface area contributed by atoms with Crippen LogP contribution in [0.1, 0.15) is 19.0 Å². The van der Waals surface area contributed by atoms with Gasteiger partial charge in [-0.1, -0.05) is 0 Å². The van der Waals surface area contributed by atoms with Gasteiger partial charge in [0, 0.05) is 23.1 Å². The van der Waals surface area contributed by atoms with Crippen molar-refractivity contribution in [3.05, 3.63) is 62.1 Å². The average molecular weight is 431 g/mol. The number of thiazole rings is 1. The molecule has 0 saturated heterocycles. The van der Waals surface area contributed by atoms with E-state index in [1.54, 1.807) is 7.11 Å². The number of aryl methyl sites for hydroxylation is 1. The zero-order valence-electron chi connectivity index (χ0n) is 16.5. The minimum atomic E-state index is -0.496. The summed E-state index contributed by atoms with van der Waals surface area (Å²) in [5.41, 5.74) is 0.674. The first-order valence-electron chi connectivity index (χ1n) is 9.21. The number of hydrogen-bond donors (Lipinski definition) is 1. The Labute approximate surface area is 175 Å². The van der Waals surface area contributed by atoms with Crippen LogP contribution >= 0.6 is 11.3 Å². The number of H-pyrrole nitrogens is 1. The topological polar surface area (TPSA) is 113 Å². The van der Waals surface area contributed by atoms with Gasteiger partial charge in [-0.15, -0.1) is 11.3 Å². The molecule has 30 heavy (non-hydrogen) atoms. The van der Waals surface area contributed by atoms with Crippen molar-refractivity contribution in [2.45, 2.75) is 26.5 Å². The predicted octanol–water partition coefficient (Wildman–Crippen LogP) is 2.20. The predicted molar refractivity (Wildman–Crippen MR) is 111 cm³/mol. The molecule has 158 valence electrons. The number of hydrogen-bond acceptors (Lipinski definition) is 8. The van der Waals surface area contributed by atoms with E-state index in [0.717, 1.165) is 27.4 Å². The lowest BCUT2D eigenvalue weighted by Gasteiger charge is -2.09. The Balaban J connectivity index is 1.58. The Morgan fingerprint density at radius 1 is 1.20 bits per heavy atom. The standard InChI is InChI=1S/C20H21N3O6S/c1-3-28-15-5-4-13(10-16(15)27-2)20-21-14(12-30-20)11-29-19(26)8-9-23-18(25)7-6-17(24)22-23/h4-7,10,12H,3,8-9,11H2,1-2H3,(H,22,24). The number of ether oxygens (including phenoxy) is 3. The van der Waals surface area contributed by atoms with Crippen molar-refractivity contribution in [3.63, 3.8) is 0 Å². The van der Waals surface area contributed by atoms with Gasteiger partial charge in [0.1, 0.15) is 11.6 Å². The van der Waals surface area contributed by atoms with Crippen molar-refractivity contribution >= 4 is 17.3 Å². The van der Waals surface area contributed by atoms with Crippen LogP contribution < -0.4 is 20.6 Å². The highest BCUT2D eigenvalue weighted by Crippen LogP contribution is 2.33. The number of aromatic amines is 1. The summed E-state index contributed by atoms with van der Waals surface area (Å²) in [5, 5.41) is 4.93. The zero-order valence-corrected chi connectivity index (χ0v) is 17.4. The van der Waals surface area contributed by atoms with E-state index >= 15 is 0 Å². The number of carbonyl (C=O) groups is 1. The van der Waals surface area contributed by atoms with E-state index in [4.69, 9.17) is 14.2 Å². The van der Waals surface area contributed by atoms with Crippen molar-refractivity contribution in [1.82, 2.24) is 14.8 Å².